The molecule has 3 heteroatoms. The van der Waals surface area contributed by atoms with Crippen LogP contribution in [0.5, 0.6) is 0 Å². The highest BCUT2D eigenvalue weighted by Gasteiger charge is 2.49. The lowest BCUT2D eigenvalue weighted by Gasteiger charge is -2.15. The van der Waals surface area contributed by atoms with Crippen molar-refractivity contribution in [3.63, 3.8) is 0 Å². The molecule has 0 heterocycles. The Labute approximate surface area is 95.7 Å². The molecule has 0 bridgehead atoms. The van der Waals surface area contributed by atoms with Crippen LogP contribution >= 0.6 is 0 Å². The molecule has 0 radical (unpaired) electrons. The van der Waals surface area contributed by atoms with Crippen molar-refractivity contribution in [2.24, 2.45) is 5.41 Å². The van der Waals surface area contributed by atoms with Gasteiger partial charge in [-0.3, -0.25) is 4.79 Å². The van der Waals surface area contributed by atoms with Crippen molar-refractivity contribution in [1.29, 1.82) is 0 Å². The van der Waals surface area contributed by atoms with Gasteiger partial charge < -0.3 is 10.0 Å². The molecule has 2 rings (SSSR count). The van der Waals surface area contributed by atoms with E-state index in [1.54, 1.807) is 0 Å². The number of benzene rings is 1. The molecule has 1 aromatic carbocycles. The summed E-state index contributed by atoms with van der Waals surface area (Å²) in [7, 11) is 3.98. The third kappa shape index (κ3) is 2.03. The molecule has 1 aliphatic carbocycles. The van der Waals surface area contributed by atoms with Gasteiger partial charge in [0, 0.05) is 19.8 Å². The van der Waals surface area contributed by atoms with E-state index in [1.807, 2.05) is 37.2 Å². The lowest BCUT2D eigenvalue weighted by atomic mass is 9.96. The molecule has 16 heavy (non-hydrogen) atoms. The Balaban J connectivity index is 2.16. The lowest BCUT2D eigenvalue weighted by Crippen LogP contribution is -2.18. The zero-order valence-corrected chi connectivity index (χ0v) is 9.73. The molecule has 1 aliphatic rings. The van der Waals surface area contributed by atoms with E-state index in [0.717, 1.165) is 24.1 Å². The van der Waals surface area contributed by atoms with Crippen LogP contribution in [0.15, 0.2) is 24.3 Å². The standard InChI is InChI=1S/C13H17NO2/c1-14(2)11-5-3-4-10(8-11)9-13(6-7-13)12(15)16/h3-5,8H,6-7,9H2,1-2H3,(H,15,16). The molecule has 1 aromatic rings. The monoisotopic (exact) mass is 219 g/mol. The maximum atomic E-state index is 11.1. The summed E-state index contributed by atoms with van der Waals surface area (Å²) in [5.41, 5.74) is 1.77. The fraction of sp³-hybridized carbons (Fsp3) is 0.462. The van der Waals surface area contributed by atoms with Crippen molar-refractivity contribution in [3.8, 4) is 0 Å². The second kappa shape index (κ2) is 3.81. The van der Waals surface area contributed by atoms with Gasteiger partial charge in [-0.2, -0.15) is 0 Å². The number of nitrogens with zero attached hydrogens (tertiary/aromatic N) is 1. The number of carbonyl (C=O) groups is 1. The minimum Gasteiger partial charge on any atom is -0.481 e. The van der Waals surface area contributed by atoms with Crippen molar-refractivity contribution in [1.82, 2.24) is 0 Å². The van der Waals surface area contributed by atoms with Crippen LogP contribution in [-0.4, -0.2) is 25.2 Å². The van der Waals surface area contributed by atoms with E-state index in [4.69, 9.17) is 5.11 Å². The Morgan fingerprint density at radius 1 is 1.44 bits per heavy atom. The molecule has 1 N–H and O–H groups in total. The summed E-state index contributed by atoms with van der Waals surface area (Å²) in [6.07, 6.45) is 2.28. The molecule has 1 fully saturated rings. The number of hydrogen-bond donors (Lipinski definition) is 1. The molecule has 0 saturated heterocycles. The summed E-state index contributed by atoms with van der Waals surface area (Å²) in [6, 6.07) is 8.10. The summed E-state index contributed by atoms with van der Waals surface area (Å²) < 4.78 is 0. The third-order valence-electron chi connectivity index (χ3n) is 3.28. The Hall–Kier alpha value is -1.51. The maximum Gasteiger partial charge on any atom is 0.309 e. The van der Waals surface area contributed by atoms with Crippen LogP contribution in [0.3, 0.4) is 0 Å². The quantitative estimate of drug-likeness (QED) is 0.843. The number of rotatable bonds is 4. The van der Waals surface area contributed by atoms with Gasteiger partial charge in [0.1, 0.15) is 0 Å². The van der Waals surface area contributed by atoms with Crippen molar-refractivity contribution < 1.29 is 9.90 Å². The highest BCUT2D eigenvalue weighted by molar-refractivity contribution is 5.78. The van der Waals surface area contributed by atoms with E-state index in [9.17, 15) is 4.79 Å². The van der Waals surface area contributed by atoms with Crippen molar-refractivity contribution in [3.05, 3.63) is 29.8 Å². The number of hydrogen-bond acceptors (Lipinski definition) is 2. The Kier molecular flexibility index (Phi) is 2.62. The van der Waals surface area contributed by atoms with Crippen LogP contribution in [0, 0.1) is 5.41 Å². The third-order valence-corrected chi connectivity index (χ3v) is 3.28. The lowest BCUT2D eigenvalue weighted by molar-refractivity contribution is -0.143. The normalized spacial score (nSPS) is 16.9. The van der Waals surface area contributed by atoms with E-state index in [0.29, 0.717) is 6.42 Å². The van der Waals surface area contributed by atoms with Crippen molar-refractivity contribution in [2.75, 3.05) is 19.0 Å². The molecule has 86 valence electrons. The van der Waals surface area contributed by atoms with Crippen LogP contribution in [0.4, 0.5) is 5.69 Å². The van der Waals surface area contributed by atoms with Crippen LogP contribution < -0.4 is 4.90 Å². The fourth-order valence-electron chi connectivity index (χ4n) is 1.95. The first-order valence-corrected chi connectivity index (χ1v) is 5.53. The summed E-state index contributed by atoms with van der Waals surface area (Å²) in [5.74, 6) is -0.650. The van der Waals surface area contributed by atoms with Gasteiger partial charge in [-0.15, -0.1) is 0 Å². The molecular weight excluding hydrogens is 202 g/mol. The van der Waals surface area contributed by atoms with Crippen LogP contribution in [0.25, 0.3) is 0 Å². The Bertz CT molecular complexity index is 408. The van der Waals surface area contributed by atoms with Gasteiger partial charge >= 0.3 is 5.97 Å². The predicted molar refractivity (Wildman–Crippen MR) is 63.8 cm³/mol. The molecule has 3 nitrogen and oxygen atoms in total. The van der Waals surface area contributed by atoms with Gasteiger partial charge in [-0.1, -0.05) is 12.1 Å². The van der Waals surface area contributed by atoms with E-state index in [1.165, 1.54) is 0 Å². The molecule has 0 aliphatic heterocycles. The van der Waals surface area contributed by atoms with Crippen LogP contribution in [-0.2, 0) is 11.2 Å². The molecular formula is C13H17NO2. The number of carboxylic acid groups (broad SMARTS) is 1. The van der Waals surface area contributed by atoms with Crippen LogP contribution in [0.1, 0.15) is 18.4 Å². The molecule has 0 aromatic heterocycles. The topological polar surface area (TPSA) is 40.5 Å². The molecule has 0 amide bonds. The SMILES string of the molecule is CN(C)c1cccc(CC2(C(=O)O)CC2)c1. The maximum absolute atomic E-state index is 11.1. The molecule has 0 unspecified atom stereocenters. The molecule has 0 atom stereocenters. The van der Waals surface area contributed by atoms with E-state index >= 15 is 0 Å². The van der Waals surface area contributed by atoms with E-state index in [2.05, 4.69) is 6.07 Å². The van der Waals surface area contributed by atoms with Gasteiger partial charge in [0.05, 0.1) is 5.41 Å². The van der Waals surface area contributed by atoms with Gasteiger partial charge in [0.2, 0.25) is 0 Å². The van der Waals surface area contributed by atoms with Crippen LogP contribution in [0.2, 0.25) is 0 Å². The predicted octanol–water partition coefficient (Wildman–Crippen LogP) is 2.16. The Morgan fingerprint density at radius 2 is 2.12 bits per heavy atom. The van der Waals surface area contributed by atoms with E-state index in [-0.39, 0.29) is 0 Å². The van der Waals surface area contributed by atoms with Crippen molar-refractivity contribution >= 4 is 11.7 Å². The zero-order valence-electron chi connectivity index (χ0n) is 9.73. The van der Waals surface area contributed by atoms with Gasteiger partial charge in [-0.05, 0) is 37.0 Å². The smallest absolute Gasteiger partial charge is 0.309 e. The minimum atomic E-state index is -0.650. The zero-order chi connectivity index (χ0) is 11.8. The number of anilines is 1. The first kappa shape index (κ1) is 11.0. The summed E-state index contributed by atoms with van der Waals surface area (Å²) in [4.78, 5) is 13.1. The summed E-state index contributed by atoms with van der Waals surface area (Å²) >= 11 is 0. The van der Waals surface area contributed by atoms with E-state index < -0.39 is 11.4 Å². The average molecular weight is 219 g/mol. The van der Waals surface area contributed by atoms with Gasteiger partial charge in [-0.25, -0.2) is 0 Å². The Morgan fingerprint density at radius 3 is 2.62 bits per heavy atom. The minimum absolute atomic E-state index is 0.467. The van der Waals surface area contributed by atoms with Gasteiger partial charge in [0.25, 0.3) is 0 Å². The number of aliphatic carboxylic acids is 1. The fourth-order valence-corrected chi connectivity index (χ4v) is 1.95. The first-order valence-electron chi connectivity index (χ1n) is 5.53. The highest BCUT2D eigenvalue weighted by atomic mass is 16.4. The number of carboxylic acids is 1. The first-order chi connectivity index (χ1) is 7.53. The van der Waals surface area contributed by atoms with Crippen molar-refractivity contribution in [2.45, 2.75) is 19.3 Å². The van der Waals surface area contributed by atoms with Gasteiger partial charge in [0.15, 0.2) is 0 Å². The average Bonchev–Trinajstić information content (AvgIpc) is 2.99. The summed E-state index contributed by atoms with van der Waals surface area (Å²) in [5, 5.41) is 9.13. The molecule has 0 spiro atoms. The molecule has 1 saturated carbocycles. The largest absolute Gasteiger partial charge is 0.481 e. The second-order valence-electron chi connectivity index (χ2n) is 4.83. The highest BCUT2D eigenvalue weighted by Crippen LogP contribution is 2.48. The summed E-state index contributed by atoms with van der Waals surface area (Å²) in [6.45, 7) is 0. The second-order valence-corrected chi connectivity index (χ2v) is 4.83.